The molecule has 2 aromatic rings. The summed E-state index contributed by atoms with van der Waals surface area (Å²) in [6.45, 7) is 2.28. The van der Waals surface area contributed by atoms with E-state index in [0.29, 0.717) is 12.1 Å². The summed E-state index contributed by atoms with van der Waals surface area (Å²) in [5.74, 6) is -0.296. The molecule has 134 valence electrons. The largest absolute Gasteiger partial charge is 0.383 e. The lowest BCUT2D eigenvalue weighted by atomic mass is 10.2. The van der Waals surface area contributed by atoms with Crippen molar-refractivity contribution in [2.24, 2.45) is 0 Å². The van der Waals surface area contributed by atoms with Crippen LogP contribution in [0.4, 0.5) is 0 Å². The van der Waals surface area contributed by atoms with Crippen LogP contribution in [0.5, 0.6) is 0 Å². The Balaban J connectivity index is 2.00. The van der Waals surface area contributed by atoms with E-state index < -0.39 is 10.0 Å². The smallest absolute Gasteiger partial charge is 0.251 e. The number of sulfonamides is 1. The summed E-state index contributed by atoms with van der Waals surface area (Å²) in [6.07, 6.45) is 1.65. The van der Waals surface area contributed by atoms with Gasteiger partial charge in [-0.1, -0.05) is 6.07 Å². The number of aromatic nitrogens is 1. The van der Waals surface area contributed by atoms with Gasteiger partial charge in [-0.3, -0.25) is 9.78 Å². The number of methoxy groups -OCH3 is 1. The molecule has 1 heterocycles. The fraction of sp³-hybridized carbons (Fsp3) is 0.294. The van der Waals surface area contributed by atoms with E-state index in [4.69, 9.17) is 4.74 Å². The zero-order chi connectivity index (χ0) is 18.3. The first-order chi connectivity index (χ1) is 11.9. The Bertz CT molecular complexity index is 792. The van der Waals surface area contributed by atoms with Gasteiger partial charge in [-0.15, -0.1) is 0 Å². The lowest BCUT2D eigenvalue weighted by Gasteiger charge is -2.13. The van der Waals surface area contributed by atoms with Gasteiger partial charge in [0.15, 0.2) is 0 Å². The molecule has 1 atom stereocenters. The number of nitrogens with one attached hydrogen (secondary N) is 2. The number of hydrogen-bond donors (Lipinski definition) is 2. The number of rotatable bonds is 8. The van der Waals surface area contributed by atoms with Crippen LogP contribution in [0.15, 0.2) is 53.6 Å². The van der Waals surface area contributed by atoms with Gasteiger partial charge in [0.1, 0.15) is 0 Å². The topological polar surface area (TPSA) is 97.4 Å². The van der Waals surface area contributed by atoms with Crippen molar-refractivity contribution < 1.29 is 17.9 Å². The summed E-state index contributed by atoms with van der Waals surface area (Å²) in [6, 6.07) is 10.8. The number of carbonyl (C=O) groups excluding carboxylic acids is 1. The molecule has 0 radical (unpaired) electrons. The molecular formula is C17H21N3O4S. The Morgan fingerprint density at radius 3 is 2.52 bits per heavy atom. The van der Waals surface area contributed by atoms with Crippen LogP contribution < -0.4 is 10.0 Å². The molecule has 7 nitrogen and oxygen atoms in total. The normalized spacial score (nSPS) is 12.6. The molecule has 0 spiro atoms. The number of amides is 1. The predicted molar refractivity (Wildman–Crippen MR) is 93.5 cm³/mol. The van der Waals surface area contributed by atoms with Crippen LogP contribution in [-0.4, -0.2) is 39.1 Å². The molecule has 0 fully saturated rings. The highest BCUT2D eigenvalue weighted by molar-refractivity contribution is 7.89. The highest BCUT2D eigenvalue weighted by Crippen LogP contribution is 2.11. The van der Waals surface area contributed by atoms with Crippen LogP contribution >= 0.6 is 0 Å². The van der Waals surface area contributed by atoms with Gasteiger partial charge in [0.2, 0.25) is 10.0 Å². The standard InChI is InChI=1S/C17H21N3O4S/c1-13(12-24-2)20-25(22,23)16-8-6-14(7-9-16)17(21)19-11-15-5-3-4-10-18-15/h3-10,13,20H,11-12H2,1-2H3,(H,19,21)/t13-/m0/s1. The van der Waals surface area contributed by atoms with E-state index in [1.165, 1.54) is 31.4 Å². The second kappa shape index (κ2) is 8.70. The number of carbonyl (C=O) groups is 1. The average Bonchev–Trinajstić information content (AvgIpc) is 2.60. The van der Waals surface area contributed by atoms with Crippen molar-refractivity contribution in [1.82, 2.24) is 15.0 Å². The van der Waals surface area contributed by atoms with Gasteiger partial charge in [-0.25, -0.2) is 13.1 Å². The van der Waals surface area contributed by atoms with Crippen molar-refractivity contribution in [2.75, 3.05) is 13.7 Å². The molecule has 0 bridgehead atoms. The Morgan fingerprint density at radius 1 is 1.20 bits per heavy atom. The van der Waals surface area contributed by atoms with E-state index in [1.807, 2.05) is 12.1 Å². The molecular weight excluding hydrogens is 342 g/mol. The van der Waals surface area contributed by atoms with E-state index in [9.17, 15) is 13.2 Å². The monoisotopic (exact) mass is 363 g/mol. The Kier molecular flexibility index (Phi) is 6.63. The number of pyridine rings is 1. The lowest BCUT2D eigenvalue weighted by molar-refractivity contribution is 0.0950. The van der Waals surface area contributed by atoms with Crippen LogP contribution in [0.1, 0.15) is 23.0 Å². The number of ether oxygens (including phenoxy) is 1. The molecule has 0 aliphatic carbocycles. The maximum Gasteiger partial charge on any atom is 0.251 e. The summed E-state index contributed by atoms with van der Waals surface area (Å²) in [7, 11) is -2.15. The first-order valence-corrected chi connectivity index (χ1v) is 9.20. The van der Waals surface area contributed by atoms with Gasteiger partial charge in [-0.2, -0.15) is 0 Å². The molecule has 1 aromatic heterocycles. The molecule has 0 aliphatic rings. The van der Waals surface area contributed by atoms with E-state index >= 15 is 0 Å². The minimum Gasteiger partial charge on any atom is -0.383 e. The van der Waals surface area contributed by atoms with Crippen molar-refractivity contribution in [1.29, 1.82) is 0 Å². The third kappa shape index (κ3) is 5.63. The average molecular weight is 363 g/mol. The third-order valence-corrected chi connectivity index (χ3v) is 4.96. The molecule has 0 saturated carbocycles. The Hall–Kier alpha value is -2.29. The van der Waals surface area contributed by atoms with Gasteiger partial charge in [0.05, 0.1) is 23.7 Å². The summed E-state index contributed by atoms with van der Waals surface area (Å²) in [4.78, 5) is 16.3. The Labute approximate surface area is 147 Å². The van der Waals surface area contributed by atoms with Gasteiger partial charge in [0.25, 0.3) is 5.91 Å². The maximum atomic E-state index is 12.2. The second-order valence-electron chi connectivity index (χ2n) is 5.51. The van der Waals surface area contributed by atoms with E-state index in [1.54, 1.807) is 19.2 Å². The highest BCUT2D eigenvalue weighted by atomic mass is 32.2. The van der Waals surface area contributed by atoms with Crippen LogP contribution in [0.3, 0.4) is 0 Å². The SMILES string of the molecule is COC[C@H](C)NS(=O)(=O)c1ccc(C(=O)NCc2ccccn2)cc1. The van der Waals surface area contributed by atoms with Crippen LogP contribution in [-0.2, 0) is 21.3 Å². The summed E-state index contributed by atoms with van der Waals surface area (Å²) in [5, 5.41) is 2.74. The summed E-state index contributed by atoms with van der Waals surface area (Å²) < 4.78 is 31.9. The molecule has 0 saturated heterocycles. The minimum atomic E-state index is -3.65. The molecule has 25 heavy (non-hydrogen) atoms. The van der Waals surface area contributed by atoms with Crippen LogP contribution in [0.25, 0.3) is 0 Å². The summed E-state index contributed by atoms with van der Waals surface area (Å²) in [5.41, 5.74) is 1.12. The second-order valence-corrected chi connectivity index (χ2v) is 7.22. The molecule has 0 unspecified atom stereocenters. The van der Waals surface area contributed by atoms with Gasteiger partial charge in [0, 0.05) is 24.9 Å². The number of hydrogen-bond acceptors (Lipinski definition) is 5. The third-order valence-electron chi connectivity index (χ3n) is 3.36. The first-order valence-electron chi connectivity index (χ1n) is 7.72. The molecule has 1 aromatic carbocycles. The predicted octanol–water partition coefficient (Wildman–Crippen LogP) is 1.32. The number of benzene rings is 1. The van der Waals surface area contributed by atoms with Crippen LogP contribution in [0.2, 0.25) is 0 Å². The lowest BCUT2D eigenvalue weighted by Crippen LogP contribution is -2.35. The molecule has 2 rings (SSSR count). The van der Waals surface area contributed by atoms with E-state index in [2.05, 4.69) is 15.0 Å². The zero-order valence-electron chi connectivity index (χ0n) is 14.1. The molecule has 8 heteroatoms. The highest BCUT2D eigenvalue weighted by Gasteiger charge is 2.17. The number of nitrogens with zero attached hydrogens (tertiary/aromatic N) is 1. The Morgan fingerprint density at radius 2 is 1.92 bits per heavy atom. The quantitative estimate of drug-likeness (QED) is 0.737. The molecule has 0 aliphatic heterocycles. The fourth-order valence-electron chi connectivity index (χ4n) is 2.18. The van der Waals surface area contributed by atoms with Gasteiger partial charge < -0.3 is 10.1 Å². The summed E-state index contributed by atoms with van der Waals surface area (Å²) >= 11 is 0. The van der Waals surface area contributed by atoms with E-state index in [0.717, 1.165) is 5.69 Å². The first kappa shape index (κ1) is 19.0. The van der Waals surface area contributed by atoms with Crippen molar-refractivity contribution in [3.8, 4) is 0 Å². The van der Waals surface area contributed by atoms with Gasteiger partial charge >= 0.3 is 0 Å². The molecule has 2 N–H and O–H groups in total. The van der Waals surface area contributed by atoms with Gasteiger partial charge in [-0.05, 0) is 43.3 Å². The molecule has 1 amide bonds. The maximum absolute atomic E-state index is 12.2. The fourth-order valence-corrected chi connectivity index (χ4v) is 3.41. The van der Waals surface area contributed by atoms with Crippen molar-refractivity contribution in [2.45, 2.75) is 24.4 Å². The van der Waals surface area contributed by atoms with E-state index in [-0.39, 0.29) is 23.5 Å². The van der Waals surface area contributed by atoms with Crippen molar-refractivity contribution in [3.05, 3.63) is 59.9 Å². The zero-order valence-corrected chi connectivity index (χ0v) is 14.9. The van der Waals surface area contributed by atoms with Crippen molar-refractivity contribution in [3.63, 3.8) is 0 Å². The minimum absolute atomic E-state index is 0.0942. The van der Waals surface area contributed by atoms with Crippen molar-refractivity contribution >= 4 is 15.9 Å². The van der Waals surface area contributed by atoms with Crippen LogP contribution in [0, 0.1) is 0 Å².